The van der Waals surface area contributed by atoms with E-state index in [4.69, 9.17) is 16.3 Å². The summed E-state index contributed by atoms with van der Waals surface area (Å²) in [5.41, 5.74) is 0.507. The molecule has 7 nitrogen and oxygen atoms in total. The second-order valence-electron chi connectivity index (χ2n) is 7.16. The van der Waals surface area contributed by atoms with Crippen LogP contribution in [0.2, 0.25) is 5.02 Å². The van der Waals surface area contributed by atoms with E-state index < -0.39 is 33.5 Å². The molecule has 0 atom stereocenters. The topological polar surface area (TPSA) is 92.8 Å². The first-order valence-corrected chi connectivity index (χ1v) is 11.6. The monoisotopic (exact) mass is 468 g/mol. The number of esters is 1. The van der Waals surface area contributed by atoms with Gasteiger partial charge in [0.05, 0.1) is 24.1 Å². The maximum absolute atomic E-state index is 14.0. The number of ether oxygens (including phenoxy) is 1. The zero-order valence-electron chi connectivity index (χ0n) is 16.8. The highest BCUT2D eigenvalue weighted by atomic mass is 35.5. The molecule has 1 fully saturated rings. The molecule has 0 bridgehead atoms. The molecule has 0 saturated carbocycles. The number of hydrogen-bond donors (Lipinski definition) is 1. The molecule has 1 aliphatic heterocycles. The van der Waals surface area contributed by atoms with Gasteiger partial charge in [0.15, 0.2) is 0 Å². The number of piperidine rings is 1. The maximum Gasteiger partial charge on any atom is 0.339 e. The quantitative estimate of drug-likeness (QED) is 0.655. The SMILES string of the molecule is COC(=O)c1ccccc1NC(=O)C1CCN(S(=O)(=O)Cc2c(F)cccc2Cl)CC1. The Labute approximate surface area is 185 Å². The van der Waals surface area contributed by atoms with Gasteiger partial charge in [-0.15, -0.1) is 0 Å². The molecule has 10 heteroatoms. The minimum atomic E-state index is -3.79. The fraction of sp³-hybridized carbons (Fsp3) is 0.333. The molecule has 1 aliphatic rings. The molecule has 166 valence electrons. The Morgan fingerprint density at radius 3 is 2.48 bits per heavy atom. The lowest BCUT2D eigenvalue weighted by molar-refractivity contribution is -0.120. The Balaban J connectivity index is 1.63. The zero-order valence-corrected chi connectivity index (χ0v) is 18.4. The largest absolute Gasteiger partial charge is 0.465 e. The summed E-state index contributed by atoms with van der Waals surface area (Å²) in [6.07, 6.45) is 0.604. The lowest BCUT2D eigenvalue weighted by Gasteiger charge is -2.30. The van der Waals surface area contributed by atoms with Crippen molar-refractivity contribution >= 4 is 39.2 Å². The number of rotatable bonds is 6. The number of methoxy groups -OCH3 is 1. The second-order valence-corrected chi connectivity index (χ2v) is 9.53. The number of carbonyl (C=O) groups is 2. The van der Waals surface area contributed by atoms with Gasteiger partial charge in [0, 0.05) is 29.6 Å². The van der Waals surface area contributed by atoms with Crippen LogP contribution in [-0.2, 0) is 25.3 Å². The van der Waals surface area contributed by atoms with Crippen LogP contribution in [0.4, 0.5) is 10.1 Å². The van der Waals surface area contributed by atoms with Crippen LogP contribution in [0.25, 0.3) is 0 Å². The number of nitrogens with one attached hydrogen (secondary N) is 1. The fourth-order valence-corrected chi connectivity index (χ4v) is 5.37. The van der Waals surface area contributed by atoms with E-state index in [1.54, 1.807) is 24.3 Å². The van der Waals surface area contributed by atoms with E-state index in [2.05, 4.69) is 5.32 Å². The van der Waals surface area contributed by atoms with Gasteiger partial charge in [0.25, 0.3) is 0 Å². The Kier molecular flexibility index (Phi) is 7.30. The molecule has 1 N–H and O–H groups in total. The summed E-state index contributed by atoms with van der Waals surface area (Å²) in [6, 6.07) is 10.5. The van der Waals surface area contributed by atoms with Crippen molar-refractivity contribution < 1.29 is 27.1 Å². The Bertz CT molecular complexity index is 1060. The van der Waals surface area contributed by atoms with E-state index in [1.807, 2.05) is 0 Å². The summed E-state index contributed by atoms with van der Waals surface area (Å²) >= 11 is 5.95. The van der Waals surface area contributed by atoms with Crippen LogP contribution < -0.4 is 5.32 Å². The van der Waals surface area contributed by atoms with E-state index >= 15 is 0 Å². The number of carbonyl (C=O) groups excluding carboxylic acids is 2. The number of anilines is 1. The van der Waals surface area contributed by atoms with E-state index in [0.29, 0.717) is 18.5 Å². The van der Waals surface area contributed by atoms with Crippen LogP contribution in [0, 0.1) is 11.7 Å². The highest BCUT2D eigenvalue weighted by Gasteiger charge is 2.32. The van der Waals surface area contributed by atoms with Crippen molar-refractivity contribution in [2.45, 2.75) is 18.6 Å². The molecule has 1 heterocycles. The van der Waals surface area contributed by atoms with Gasteiger partial charge in [0.2, 0.25) is 15.9 Å². The van der Waals surface area contributed by atoms with Crippen molar-refractivity contribution in [3.8, 4) is 0 Å². The van der Waals surface area contributed by atoms with E-state index in [1.165, 1.54) is 29.6 Å². The van der Waals surface area contributed by atoms with Crippen LogP contribution in [0.5, 0.6) is 0 Å². The molecule has 1 saturated heterocycles. The predicted octanol–water partition coefficient (Wildman–Crippen LogP) is 3.45. The van der Waals surface area contributed by atoms with Gasteiger partial charge in [-0.25, -0.2) is 21.9 Å². The van der Waals surface area contributed by atoms with Gasteiger partial charge >= 0.3 is 5.97 Å². The van der Waals surface area contributed by atoms with Crippen LogP contribution in [0.1, 0.15) is 28.8 Å². The van der Waals surface area contributed by atoms with Crippen LogP contribution >= 0.6 is 11.6 Å². The molecular formula is C21H22ClFN2O5S. The van der Waals surface area contributed by atoms with Crippen molar-refractivity contribution in [1.29, 1.82) is 0 Å². The molecule has 0 aliphatic carbocycles. The number of nitrogens with zero attached hydrogens (tertiary/aromatic N) is 1. The van der Waals surface area contributed by atoms with Crippen LogP contribution in [0.15, 0.2) is 42.5 Å². The van der Waals surface area contributed by atoms with Gasteiger partial charge in [-0.3, -0.25) is 4.79 Å². The number of sulfonamides is 1. The minimum Gasteiger partial charge on any atom is -0.465 e. The smallest absolute Gasteiger partial charge is 0.339 e. The van der Waals surface area contributed by atoms with Gasteiger partial charge in [-0.2, -0.15) is 0 Å². The Morgan fingerprint density at radius 1 is 1.16 bits per heavy atom. The molecule has 0 unspecified atom stereocenters. The fourth-order valence-electron chi connectivity index (χ4n) is 3.45. The highest BCUT2D eigenvalue weighted by molar-refractivity contribution is 7.88. The molecule has 3 rings (SSSR count). The van der Waals surface area contributed by atoms with E-state index in [0.717, 1.165) is 0 Å². The maximum atomic E-state index is 14.0. The van der Waals surface area contributed by atoms with Gasteiger partial charge in [0.1, 0.15) is 5.82 Å². The van der Waals surface area contributed by atoms with Gasteiger partial charge in [-0.1, -0.05) is 29.8 Å². The minimum absolute atomic E-state index is 0.0575. The number of para-hydroxylation sites is 1. The number of amides is 1. The lowest BCUT2D eigenvalue weighted by atomic mass is 9.97. The van der Waals surface area contributed by atoms with Gasteiger partial charge in [-0.05, 0) is 37.1 Å². The van der Waals surface area contributed by atoms with E-state index in [-0.39, 0.29) is 35.1 Å². The Hall–Kier alpha value is -2.49. The summed E-state index contributed by atoms with van der Waals surface area (Å²) in [7, 11) is -2.54. The molecule has 0 radical (unpaired) electrons. The molecule has 2 aromatic rings. The van der Waals surface area contributed by atoms with Crippen molar-refractivity contribution in [2.75, 3.05) is 25.5 Å². The van der Waals surface area contributed by atoms with Crippen molar-refractivity contribution in [3.05, 3.63) is 64.4 Å². The average Bonchev–Trinajstić information content (AvgIpc) is 2.76. The first-order chi connectivity index (χ1) is 14.7. The van der Waals surface area contributed by atoms with E-state index in [9.17, 15) is 22.4 Å². The normalized spacial score (nSPS) is 15.5. The second kappa shape index (κ2) is 9.76. The molecular weight excluding hydrogens is 447 g/mol. The van der Waals surface area contributed by atoms with Gasteiger partial charge < -0.3 is 10.1 Å². The molecule has 2 aromatic carbocycles. The summed E-state index contributed by atoms with van der Waals surface area (Å²) in [4.78, 5) is 24.5. The highest BCUT2D eigenvalue weighted by Crippen LogP contribution is 2.27. The molecule has 0 spiro atoms. The molecule has 31 heavy (non-hydrogen) atoms. The van der Waals surface area contributed by atoms with Crippen molar-refractivity contribution in [2.24, 2.45) is 5.92 Å². The third kappa shape index (κ3) is 5.41. The van der Waals surface area contributed by atoms with Crippen molar-refractivity contribution in [3.63, 3.8) is 0 Å². The predicted molar refractivity (Wildman–Crippen MR) is 115 cm³/mol. The number of benzene rings is 2. The summed E-state index contributed by atoms with van der Waals surface area (Å²) in [5.74, 6) is -2.50. The van der Waals surface area contributed by atoms with Crippen LogP contribution in [0.3, 0.4) is 0 Å². The number of hydrogen-bond acceptors (Lipinski definition) is 5. The third-order valence-corrected chi connectivity index (χ3v) is 7.36. The lowest BCUT2D eigenvalue weighted by Crippen LogP contribution is -2.42. The summed E-state index contributed by atoms with van der Waals surface area (Å²) in [6.45, 7) is 0.260. The molecule has 1 amide bonds. The number of halogens is 2. The molecule has 0 aromatic heterocycles. The first kappa shape index (κ1) is 23.2. The third-order valence-electron chi connectivity index (χ3n) is 5.20. The summed E-state index contributed by atoms with van der Waals surface area (Å²) < 4.78 is 45.4. The zero-order chi connectivity index (χ0) is 22.6. The average molecular weight is 469 g/mol. The standard InChI is InChI=1S/C21H22ClFN2O5S/c1-30-21(27)15-5-2-3-8-19(15)24-20(26)14-9-11-25(12-10-14)31(28,29)13-16-17(22)6-4-7-18(16)23/h2-8,14H,9-13H2,1H3,(H,24,26). The summed E-state index contributed by atoms with van der Waals surface area (Å²) in [5, 5.41) is 2.79. The van der Waals surface area contributed by atoms with Crippen LogP contribution in [-0.4, -0.2) is 44.8 Å². The first-order valence-electron chi connectivity index (χ1n) is 9.62. The Morgan fingerprint density at radius 2 is 1.84 bits per heavy atom. The van der Waals surface area contributed by atoms with Crippen molar-refractivity contribution in [1.82, 2.24) is 4.31 Å².